The second-order valence-electron chi connectivity index (χ2n) is 5.51. The van der Waals surface area contributed by atoms with Gasteiger partial charge in [-0.15, -0.1) is 11.8 Å². The number of nitrogens with zero attached hydrogens (tertiary/aromatic N) is 1. The van der Waals surface area contributed by atoms with E-state index < -0.39 is 0 Å². The van der Waals surface area contributed by atoms with Crippen molar-refractivity contribution in [3.8, 4) is 0 Å². The molecule has 2 aromatic carbocycles. The van der Waals surface area contributed by atoms with Gasteiger partial charge in [-0.3, -0.25) is 4.79 Å². The predicted molar refractivity (Wildman–Crippen MR) is 99.3 cm³/mol. The van der Waals surface area contributed by atoms with Gasteiger partial charge in [-0.05, 0) is 42.2 Å². The van der Waals surface area contributed by atoms with Gasteiger partial charge in [0, 0.05) is 21.5 Å². The fraction of sp³-hybridized carbons (Fsp3) is 0.278. The number of benzene rings is 2. The molecule has 3 rings (SSSR count). The summed E-state index contributed by atoms with van der Waals surface area (Å²) < 4.78 is 5.83. The van der Waals surface area contributed by atoms with E-state index in [0.29, 0.717) is 29.7 Å². The molecule has 3 nitrogen and oxygen atoms in total. The molecule has 6 heteroatoms. The van der Waals surface area contributed by atoms with Crippen LogP contribution in [0.2, 0.25) is 10.0 Å². The zero-order valence-corrected chi connectivity index (χ0v) is 15.5. The highest BCUT2D eigenvalue weighted by Crippen LogP contribution is 2.29. The van der Waals surface area contributed by atoms with E-state index in [9.17, 15) is 4.79 Å². The molecule has 0 unspecified atom stereocenters. The molecular formula is C18H17Cl2NO2S. The van der Waals surface area contributed by atoms with Gasteiger partial charge in [-0.25, -0.2) is 0 Å². The maximum Gasteiger partial charge on any atom is 0.255 e. The molecule has 0 radical (unpaired) electrons. The first kappa shape index (κ1) is 17.6. The van der Waals surface area contributed by atoms with E-state index in [2.05, 4.69) is 0 Å². The highest BCUT2D eigenvalue weighted by atomic mass is 35.5. The average molecular weight is 382 g/mol. The highest BCUT2D eigenvalue weighted by Gasteiger charge is 2.27. The molecule has 0 aliphatic carbocycles. The van der Waals surface area contributed by atoms with Crippen LogP contribution in [0.5, 0.6) is 0 Å². The molecule has 1 aliphatic rings. The number of hydrogen-bond acceptors (Lipinski definition) is 3. The van der Waals surface area contributed by atoms with Crippen molar-refractivity contribution in [1.82, 2.24) is 4.90 Å². The van der Waals surface area contributed by atoms with Crippen LogP contribution in [0.4, 0.5) is 0 Å². The number of hydrogen-bond donors (Lipinski definition) is 0. The molecule has 1 amide bonds. The maximum atomic E-state index is 12.9. The van der Waals surface area contributed by atoms with Crippen molar-refractivity contribution in [3.05, 3.63) is 63.6 Å². The van der Waals surface area contributed by atoms with Gasteiger partial charge >= 0.3 is 0 Å². The summed E-state index contributed by atoms with van der Waals surface area (Å²) in [5, 5.41) is 1.13. The van der Waals surface area contributed by atoms with Crippen molar-refractivity contribution in [2.75, 3.05) is 26.0 Å². The van der Waals surface area contributed by atoms with Crippen LogP contribution in [0.15, 0.2) is 47.4 Å². The van der Waals surface area contributed by atoms with Crippen molar-refractivity contribution < 1.29 is 9.53 Å². The van der Waals surface area contributed by atoms with Crippen molar-refractivity contribution >= 4 is 40.9 Å². The monoisotopic (exact) mass is 381 g/mol. The average Bonchev–Trinajstić information content (AvgIpc) is 2.60. The topological polar surface area (TPSA) is 29.5 Å². The summed E-state index contributed by atoms with van der Waals surface area (Å²) in [7, 11) is 0. The molecule has 0 bridgehead atoms. The molecule has 24 heavy (non-hydrogen) atoms. The van der Waals surface area contributed by atoms with Crippen molar-refractivity contribution in [2.24, 2.45) is 0 Å². The number of morpholine rings is 1. The number of thioether (sulfide) groups is 1. The standard InChI is InChI=1S/C18H17Cl2NO2S/c1-24-17-5-3-2-4-15(17)18(22)21-6-7-23-16(11-21)12-8-13(19)10-14(20)9-12/h2-5,8-10,16H,6-7,11H2,1H3/t16-/m0/s1. The van der Waals surface area contributed by atoms with Crippen molar-refractivity contribution in [1.29, 1.82) is 0 Å². The first-order valence-electron chi connectivity index (χ1n) is 7.58. The lowest BCUT2D eigenvalue weighted by molar-refractivity contribution is -0.0229. The van der Waals surface area contributed by atoms with Gasteiger partial charge in [0.05, 0.1) is 18.7 Å². The van der Waals surface area contributed by atoms with Gasteiger partial charge in [0.25, 0.3) is 5.91 Å². The molecular weight excluding hydrogens is 365 g/mol. The Morgan fingerprint density at radius 2 is 1.92 bits per heavy atom. The first-order valence-corrected chi connectivity index (χ1v) is 9.56. The Morgan fingerprint density at radius 1 is 1.21 bits per heavy atom. The lowest BCUT2D eigenvalue weighted by atomic mass is 10.1. The van der Waals surface area contributed by atoms with Crippen LogP contribution >= 0.6 is 35.0 Å². The quantitative estimate of drug-likeness (QED) is 0.705. The van der Waals surface area contributed by atoms with Gasteiger partial charge in [0.15, 0.2) is 0 Å². The van der Waals surface area contributed by atoms with Gasteiger partial charge in [0.2, 0.25) is 0 Å². The summed E-state index contributed by atoms with van der Waals surface area (Å²) in [4.78, 5) is 15.7. The summed E-state index contributed by atoms with van der Waals surface area (Å²) in [6.07, 6.45) is 1.75. The zero-order chi connectivity index (χ0) is 17.1. The number of rotatable bonds is 3. The van der Waals surface area contributed by atoms with Gasteiger partial charge in [-0.1, -0.05) is 35.3 Å². The summed E-state index contributed by atoms with van der Waals surface area (Å²) in [6, 6.07) is 13.0. The third-order valence-corrected chi connectivity index (χ3v) is 5.18. The van der Waals surface area contributed by atoms with Gasteiger partial charge in [-0.2, -0.15) is 0 Å². The summed E-state index contributed by atoms with van der Waals surface area (Å²) in [6.45, 7) is 1.55. The van der Waals surface area contributed by atoms with Crippen molar-refractivity contribution in [2.45, 2.75) is 11.0 Å². The van der Waals surface area contributed by atoms with E-state index in [1.54, 1.807) is 17.8 Å². The number of ether oxygens (including phenoxy) is 1. The van der Waals surface area contributed by atoms with Gasteiger partial charge < -0.3 is 9.64 Å². The molecule has 1 saturated heterocycles. The highest BCUT2D eigenvalue weighted by molar-refractivity contribution is 7.98. The fourth-order valence-electron chi connectivity index (χ4n) is 2.79. The summed E-state index contributed by atoms with van der Waals surface area (Å²) in [5.74, 6) is 0.0291. The molecule has 0 spiro atoms. The van der Waals surface area contributed by atoms with Crippen LogP contribution in [-0.2, 0) is 4.74 Å². The predicted octanol–water partition coefficient (Wildman–Crippen LogP) is 4.93. The molecule has 1 atom stereocenters. The Bertz CT molecular complexity index is 733. The number of carbonyl (C=O) groups excluding carboxylic acids is 1. The maximum absolute atomic E-state index is 12.9. The normalized spacial score (nSPS) is 17.8. The Balaban J connectivity index is 1.81. The van der Waals surface area contributed by atoms with E-state index in [4.69, 9.17) is 27.9 Å². The largest absolute Gasteiger partial charge is 0.370 e. The molecule has 0 N–H and O–H groups in total. The minimum absolute atomic E-state index is 0.0291. The number of halogens is 2. The molecule has 2 aromatic rings. The van der Waals surface area contributed by atoms with Crippen LogP contribution in [0.3, 0.4) is 0 Å². The molecule has 1 aliphatic heterocycles. The Hall–Kier alpha value is -1.20. The van der Waals surface area contributed by atoms with Crippen LogP contribution in [0.1, 0.15) is 22.0 Å². The van der Waals surface area contributed by atoms with E-state index in [-0.39, 0.29) is 12.0 Å². The van der Waals surface area contributed by atoms with Crippen LogP contribution in [0.25, 0.3) is 0 Å². The first-order chi connectivity index (χ1) is 11.6. The number of amides is 1. The van der Waals surface area contributed by atoms with Crippen LogP contribution in [-0.4, -0.2) is 36.8 Å². The molecule has 1 heterocycles. The van der Waals surface area contributed by atoms with E-state index in [1.807, 2.05) is 47.6 Å². The minimum Gasteiger partial charge on any atom is -0.370 e. The molecule has 1 fully saturated rings. The SMILES string of the molecule is CSc1ccccc1C(=O)N1CCO[C@H](c2cc(Cl)cc(Cl)c2)C1. The Morgan fingerprint density at radius 3 is 2.62 bits per heavy atom. The zero-order valence-electron chi connectivity index (χ0n) is 13.2. The smallest absolute Gasteiger partial charge is 0.255 e. The molecule has 0 saturated carbocycles. The lowest BCUT2D eigenvalue weighted by Crippen LogP contribution is -2.42. The Labute approximate surface area is 155 Å². The number of carbonyl (C=O) groups is 1. The Kier molecular flexibility index (Phi) is 5.72. The minimum atomic E-state index is -0.222. The van der Waals surface area contributed by atoms with Crippen LogP contribution in [0, 0.1) is 0 Å². The molecule has 126 valence electrons. The van der Waals surface area contributed by atoms with Crippen LogP contribution < -0.4 is 0 Å². The second kappa shape index (κ2) is 7.79. The second-order valence-corrected chi connectivity index (χ2v) is 7.23. The molecule has 0 aromatic heterocycles. The summed E-state index contributed by atoms with van der Waals surface area (Å²) >= 11 is 13.7. The summed E-state index contributed by atoms with van der Waals surface area (Å²) in [5.41, 5.74) is 1.62. The third-order valence-electron chi connectivity index (χ3n) is 3.95. The van der Waals surface area contributed by atoms with Gasteiger partial charge in [0.1, 0.15) is 6.10 Å². The van der Waals surface area contributed by atoms with Crippen molar-refractivity contribution in [3.63, 3.8) is 0 Å². The van der Waals surface area contributed by atoms with E-state index >= 15 is 0 Å². The lowest BCUT2D eigenvalue weighted by Gasteiger charge is -2.33. The van der Waals surface area contributed by atoms with E-state index in [1.165, 1.54) is 0 Å². The third kappa shape index (κ3) is 3.89. The van der Waals surface area contributed by atoms with E-state index in [0.717, 1.165) is 16.0 Å². The fourth-order valence-corrected chi connectivity index (χ4v) is 3.92.